The van der Waals surface area contributed by atoms with Gasteiger partial charge in [-0.3, -0.25) is 4.79 Å². The number of benzene rings is 1. The number of phenols is 1. The van der Waals surface area contributed by atoms with Gasteiger partial charge in [0.15, 0.2) is 0 Å². The second-order valence-corrected chi connectivity index (χ2v) is 7.48. The first kappa shape index (κ1) is 19.9. The van der Waals surface area contributed by atoms with Gasteiger partial charge in [0, 0.05) is 24.7 Å². The molecule has 0 unspecified atom stereocenters. The number of piperidine rings is 1. The van der Waals surface area contributed by atoms with E-state index in [2.05, 4.69) is 5.32 Å². The zero-order valence-corrected chi connectivity index (χ0v) is 15.9. The van der Waals surface area contributed by atoms with Gasteiger partial charge < -0.3 is 24.8 Å². The zero-order chi connectivity index (χ0) is 19.3. The van der Waals surface area contributed by atoms with Crippen LogP contribution in [0.3, 0.4) is 0 Å². The standard InChI is InChI=1S/C19H28N2O5/c1-19(2,3)26-18(24)21-9-7-14(8-10-21)20-17(23)12-13-11-15(22)5-6-16(13)25-4/h5-6,11,14,22H,7-10,12H2,1-4H3,(H,20,23). The fraction of sp³-hybridized carbons (Fsp3) is 0.579. The molecule has 0 radical (unpaired) electrons. The first-order valence-electron chi connectivity index (χ1n) is 8.81. The molecule has 0 atom stereocenters. The molecule has 7 nitrogen and oxygen atoms in total. The van der Waals surface area contributed by atoms with Crippen molar-refractivity contribution in [3.63, 3.8) is 0 Å². The van der Waals surface area contributed by atoms with Gasteiger partial charge in [-0.15, -0.1) is 0 Å². The highest BCUT2D eigenvalue weighted by atomic mass is 16.6. The number of hydrogen-bond acceptors (Lipinski definition) is 5. The molecule has 0 spiro atoms. The van der Waals surface area contributed by atoms with Crippen LogP contribution in [0.1, 0.15) is 39.2 Å². The number of hydrogen-bond donors (Lipinski definition) is 2. The van der Waals surface area contributed by atoms with Gasteiger partial charge in [-0.25, -0.2) is 4.79 Å². The lowest BCUT2D eigenvalue weighted by molar-refractivity contribution is -0.121. The molecule has 2 amide bonds. The van der Waals surface area contributed by atoms with E-state index in [-0.39, 0.29) is 30.2 Å². The third kappa shape index (κ3) is 5.82. The Kier molecular flexibility index (Phi) is 6.34. The molecule has 1 aromatic carbocycles. The number of carbonyl (C=O) groups is 2. The number of methoxy groups -OCH3 is 1. The Hall–Kier alpha value is -2.44. The number of carbonyl (C=O) groups excluding carboxylic acids is 2. The topological polar surface area (TPSA) is 88.1 Å². The number of likely N-dealkylation sites (tertiary alicyclic amines) is 1. The highest BCUT2D eigenvalue weighted by molar-refractivity contribution is 5.79. The molecule has 144 valence electrons. The van der Waals surface area contributed by atoms with Crippen LogP contribution in [0.2, 0.25) is 0 Å². The van der Waals surface area contributed by atoms with Crippen molar-refractivity contribution in [2.45, 2.75) is 51.7 Å². The molecule has 1 fully saturated rings. The lowest BCUT2D eigenvalue weighted by Gasteiger charge is -2.33. The summed E-state index contributed by atoms with van der Waals surface area (Å²) in [6.45, 7) is 6.62. The molecule has 7 heteroatoms. The first-order chi connectivity index (χ1) is 12.2. The summed E-state index contributed by atoms with van der Waals surface area (Å²) in [6.07, 6.45) is 1.18. The molecule has 0 bridgehead atoms. The summed E-state index contributed by atoms with van der Waals surface area (Å²) in [4.78, 5) is 26.0. The average Bonchev–Trinajstić information content (AvgIpc) is 2.54. The van der Waals surface area contributed by atoms with Crippen molar-refractivity contribution in [1.29, 1.82) is 0 Å². The number of rotatable bonds is 4. The second-order valence-electron chi connectivity index (χ2n) is 7.48. The normalized spacial score (nSPS) is 15.5. The summed E-state index contributed by atoms with van der Waals surface area (Å²) in [7, 11) is 1.53. The second kappa shape index (κ2) is 8.29. The number of amides is 2. The van der Waals surface area contributed by atoms with Crippen LogP contribution in [0, 0.1) is 0 Å². The van der Waals surface area contributed by atoms with Gasteiger partial charge in [-0.05, 0) is 51.8 Å². The molecule has 1 aromatic rings. The summed E-state index contributed by atoms with van der Waals surface area (Å²) < 4.78 is 10.6. The van der Waals surface area contributed by atoms with Crippen LogP contribution in [-0.2, 0) is 16.0 Å². The summed E-state index contributed by atoms with van der Waals surface area (Å²) in [6, 6.07) is 4.71. The van der Waals surface area contributed by atoms with Crippen molar-refractivity contribution in [1.82, 2.24) is 10.2 Å². The van der Waals surface area contributed by atoms with Crippen LogP contribution in [0.4, 0.5) is 4.79 Å². The maximum atomic E-state index is 12.3. The van der Waals surface area contributed by atoms with Crippen molar-refractivity contribution in [3.8, 4) is 11.5 Å². The van der Waals surface area contributed by atoms with Gasteiger partial charge in [0.2, 0.25) is 5.91 Å². The Balaban J connectivity index is 1.83. The monoisotopic (exact) mass is 364 g/mol. The van der Waals surface area contributed by atoms with Crippen molar-refractivity contribution in [2.75, 3.05) is 20.2 Å². The molecule has 2 N–H and O–H groups in total. The molecular weight excluding hydrogens is 336 g/mol. The maximum Gasteiger partial charge on any atom is 0.410 e. The maximum absolute atomic E-state index is 12.3. The largest absolute Gasteiger partial charge is 0.508 e. The van der Waals surface area contributed by atoms with Gasteiger partial charge >= 0.3 is 6.09 Å². The number of aromatic hydroxyl groups is 1. The highest BCUT2D eigenvalue weighted by Crippen LogP contribution is 2.24. The number of nitrogens with one attached hydrogen (secondary N) is 1. The third-order valence-electron chi connectivity index (χ3n) is 4.13. The van der Waals surface area contributed by atoms with Crippen molar-refractivity contribution in [3.05, 3.63) is 23.8 Å². The van der Waals surface area contributed by atoms with E-state index in [0.717, 1.165) is 0 Å². The Morgan fingerprint density at radius 2 is 1.92 bits per heavy atom. The fourth-order valence-electron chi connectivity index (χ4n) is 2.89. The van der Waals surface area contributed by atoms with E-state index >= 15 is 0 Å². The molecule has 2 rings (SSSR count). The van der Waals surface area contributed by atoms with E-state index in [1.165, 1.54) is 19.2 Å². The van der Waals surface area contributed by atoms with Gasteiger partial charge in [-0.2, -0.15) is 0 Å². The Morgan fingerprint density at radius 1 is 1.27 bits per heavy atom. The molecule has 26 heavy (non-hydrogen) atoms. The lowest BCUT2D eigenvalue weighted by Crippen LogP contribution is -2.48. The first-order valence-corrected chi connectivity index (χ1v) is 8.81. The van der Waals surface area contributed by atoms with Crippen molar-refractivity contribution < 1.29 is 24.2 Å². The van der Waals surface area contributed by atoms with E-state index in [9.17, 15) is 14.7 Å². The van der Waals surface area contributed by atoms with Gasteiger partial charge in [0.05, 0.1) is 13.5 Å². The molecule has 1 aliphatic heterocycles. The molecule has 0 saturated carbocycles. The summed E-state index contributed by atoms with van der Waals surface area (Å²) in [5.74, 6) is 0.529. The lowest BCUT2D eigenvalue weighted by atomic mass is 10.0. The highest BCUT2D eigenvalue weighted by Gasteiger charge is 2.27. The Bertz CT molecular complexity index is 646. The molecule has 1 heterocycles. The van der Waals surface area contributed by atoms with Crippen LogP contribution >= 0.6 is 0 Å². The molecule has 1 saturated heterocycles. The summed E-state index contributed by atoms with van der Waals surface area (Å²) >= 11 is 0. The quantitative estimate of drug-likeness (QED) is 0.857. The molecule has 0 aliphatic carbocycles. The fourth-order valence-corrected chi connectivity index (χ4v) is 2.89. The van der Waals surface area contributed by atoms with E-state index in [0.29, 0.717) is 37.2 Å². The van der Waals surface area contributed by atoms with E-state index < -0.39 is 5.60 Å². The predicted molar refractivity (Wildman–Crippen MR) is 97.3 cm³/mol. The third-order valence-corrected chi connectivity index (χ3v) is 4.13. The van der Waals surface area contributed by atoms with E-state index in [1.807, 2.05) is 20.8 Å². The van der Waals surface area contributed by atoms with Crippen molar-refractivity contribution in [2.24, 2.45) is 0 Å². The average molecular weight is 364 g/mol. The summed E-state index contributed by atoms with van der Waals surface area (Å²) in [5.41, 5.74) is 0.124. The Labute approximate surface area is 154 Å². The molecule has 1 aliphatic rings. The SMILES string of the molecule is COc1ccc(O)cc1CC(=O)NC1CCN(C(=O)OC(C)(C)C)CC1. The van der Waals surface area contributed by atoms with Gasteiger partial charge in [0.1, 0.15) is 17.1 Å². The number of phenolic OH excluding ortho intramolecular Hbond substituents is 1. The van der Waals surface area contributed by atoms with E-state index in [1.54, 1.807) is 11.0 Å². The number of nitrogens with zero attached hydrogens (tertiary/aromatic N) is 1. The van der Waals surface area contributed by atoms with Crippen LogP contribution in [0.25, 0.3) is 0 Å². The zero-order valence-electron chi connectivity index (χ0n) is 15.9. The minimum atomic E-state index is -0.511. The van der Waals surface area contributed by atoms with Crippen LogP contribution in [0.15, 0.2) is 18.2 Å². The van der Waals surface area contributed by atoms with Crippen LogP contribution < -0.4 is 10.1 Å². The minimum absolute atomic E-state index is 0.0180. The Morgan fingerprint density at radius 3 is 2.50 bits per heavy atom. The van der Waals surface area contributed by atoms with Crippen LogP contribution in [-0.4, -0.2) is 53.8 Å². The van der Waals surface area contributed by atoms with Gasteiger partial charge in [-0.1, -0.05) is 0 Å². The molecule has 0 aromatic heterocycles. The van der Waals surface area contributed by atoms with Gasteiger partial charge in [0.25, 0.3) is 0 Å². The number of ether oxygens (including phenoxy) is 2. The molecular formula is C19H28N2O5. The van der Waals surface area contributed by atoms with Crippen molar-refractivity contribution >= 4 is 12.0 Å². The smallest absolute Gasteiger partial charge is 0.410 e. The minimum Gasteiger partial charge on any atom is -0.508 e. The summed E-state index contributed by atoms with van der Waals surface area (Å²) in [5, 5.41) is 12.6. The van der Waals surface area contributed by atoms with Crippen LogP contribution in [0.5, 0.6) is 11.5 Å². The predicted octanol–water partition coefficient (Wildman–Crippen LogP) is 2.46. The van der Waals surface area contributed by atoms with E-state index in [4.69, 9.17) is 9.47 Å².